The molecular weight excluding hydrogens is 294 g/mol. The van der Waals surface area contributed by atoms with E-state index >= 15 is 0 Å². The molecule has 1 N–H and O–H groups in total. The van der Waals surface area contributed by atoms with Crippen LogP contribution in [0.2, 0.25) is 0 Å². The van der Waals surface area contributed by atoms with Gasteiger partial charge in [0.2, 0.25) is 0 Å². The summed E-state index contributed by atoms with van der Waals surface area (Å²) in [5.41, 5.74) is 3.76. The van der Waals surface area contributed by atoms with Crippen molar-refractivity contribution in [1.29, 1.82) is 0 Å². The Morgan fingerprint density at radius 3 is 2.45 bits per heavy atom. The van der Waals surface area contributed by atoms with Gasteiger partial charge in [-0.25, -0.2) is 9.78 Å². The fourth-order valence-corrected chi connectivity index (χ4v) is 2.82. The molecule has 2 aromatic carbocycles. The molecule has 0 atom stereocenters. The van der Waals surface area contributed by atoms with Gasteiger partial charge in [-0.2, -0.15) is 0 Å². The van der Waals surface area contributed by atoms with E-state index in [0.29, 0.717) is 16.6 Å². The maximum atomic E-state index is 11.6. The Balaban J connectivity index is 2.26. The van der Waals surface area contributed by atoms with Crippen molar-refractivity contribution in [3.63, 3.8) is 0 Å². The fraction of sp³-hybridized carbons (Fsp3) is 0.111. The summed E-state index contributed by atoms with van der Waals surface area (Å²) in [6.45, 7) is 2.02. The van der Waals surface area contributed by atoms with E-state index in [2.05, 4.69) is 4.98 Å². The lowest BCUT2D eigenvalue weighted by molar-refractivity contribution is 0.0699. The Bertz CT molecular complexity index is 857. The second-order valence-electron chi connectivity index (χ2n) is 5.11. The predicted molar refractivity (Wildman–Crippen MR) is 90.7 cm³/mol. The zero-order chi connectivity index (χ0) is 15.7. The van der Waals surface area contributed by atoms with E-state index in [0.717, 1.165) is 16.0 Å². The minimum atomic E-state index is -0.933. The summed E-state index contributed by atoms with van der Waals surface area (Å²) in [6, 6.07) is 15.3. The maximum Gasteiger partial charge on any atom is 0.336 e. The summed E-state index contributed by atoms with van der Waals surface area (Å²) >= 11 is 1.61. The van der Waals surface area contributed by atoms with Crippen LogP contribution in [0.25, 0.3) is 22.2 Å². The fourth-order valence-electron chi connectivity index (χ4n) is 2.38. The van der Waals surface area contributed by atoms with E-state index < -0.39 is 5.97 Å². The molecule has 0 fully saturated rings. The van der Waals surface area contributed by atoms with Crippen molar-refractivity contribution in [2.45, 2.75) is 11.8 Å². The first-order valence-corrected chi connectivity index (χ1v) is 8.10. The summed E-state index contributed by atoms with van der Waals surface area (Å²) < 4.78 is 0. The number of benzene rings is 2. The van der Waals surface area contributed by atoms with E-state index in [1.165, 1.54) is 0 Å². The summed E-state index contributed by atoms with van der Waals surface area (Å²) in [4.78, 5) is 17.3. The molecule has 0 unspecified atom stereocenters. The van der Waals surface area contributed by atoms with Crippen molar-refractivity contribution in [2.24, 2.45) is 0 Å². The van der Waals surface area contributed by atoms with E-state index in [1.54, 1.807) is 17.8 Å². The monoisotopic (exact) mass is 309 g/mol. The van der Waals surface area contributed by atoms with Crippen molar-refractivity contribution < 1.29 is 9.90 Å². The number of aryl methyl sites for hydroxylation is 1. The van der Waals surface area contributed by atoms with Crippen molar-refractivity contribution in [1.82, 2.24) is 4.98 Å². The minimum absolute atomic E-state index is 0.285. The molecule has 22 heavy (non-hydrogen) atoms. The van der Waals surface area contributed by atoms with Crippen LogP contribution >= 0.6 is 11.8 Å². The zero-order valence-electron chi connectivity index (χ0n) is 12.3. The number of carbonyl (C=O) groups is 1. The number of fused-ring (bicyclic) bond motifs is 1. The third kappa shape index (κ3) is 2.70. The molecule has 0 saturated heterocycles. The Morgan fingerprint density at radius 2 is 1.82 bits per heavy atom. The molecule has 3 nitrogen and oxygen atoms in total. The van der Waals surface area contributed by atoms with Crippen LogP contribution in [0.5, 0.6) is 0 Å². The topological polar surface area (TPSA) is 50.2 Å². The highest BCUT2D eigenvalue weighted by molar-refractivity contribution is 7.98. The number of hydrogen-bond donors (Lipinski definition) is 1. The molecule has 110 valence electrons. The van der Waals surface area contributed by atoms with Gasteiger partial charge < -0.3 is 5.11 Å². The molecule has 3 aromatic rings. The zero-order valence-corrected chi connectivity index (χ0v) is 13.1. The molecule has 0 aliphatic rings. The van der Waals surface area contributed by atoms with Crippen LogP contribution in [-0.2, 0) is 0 Å². The van der Waals surface area contributed by atoms with Gasteiger partial charge in [-0.3, -0.25) is 0 Å². The number of carboxylic acids is 1. The van der Waals surface area contributed by atoms with Crippen molar-refractivity contribution in [2.75, 3.05) is 6.26 Å². The lowest BCUT2D eigenvalue weighted by Gasteiger charge is -2.08. The summed E-state index contributed by atoms with van der Waals surface area (Å²) in [7, 11) is 0. The first kappa shape index (κ1) is 14.6. The van der Waals surface area contributed by atoms with Crippen LogP contribution in [0.1, 0.15) is 15.9 Å². The van der Waals surface area contributed by atoms with E-state index in [9.17, 15) is 9.90 Å². The smallest absolute Gasteiger partial charge is 0.336 e. The SMILES string of the molecule is CSc1ccc2c(C(=O)O)cc(-c3ccc(C)cc3)nc2c1. The molecule has 0 bridgehead atoms. The van der Waals surface area contributed by atoms with Gasteiger partial charge >= 0.3 is 5.97 Å². The standard InChI is InChI=1S/C18H15NO2S/c1-11-3-5-12(6-4-11)16-10-15(18(20)21)14-8-7-13(22-2)9-17(14)19-16/h3-10H,1-2H3,(H,20,21). The van der Waals surface area contributed by atoms with Crippen LogP contribution in [0, 0.1) is 6.92 Å². The number of aromatic nitrogens is 1. The Kier molecular flexibility index (Phi) is 3.86. The summed E-state index contributed by atoms with van der Waals surface area (Å²) in [5.74, 6) is -0.933. The van der Waals surface area contributed by atoms with E-state index in [-0.39, 0.29) is 5.56 Å². The Morgan fingerprint density at radius 1 is 1.09 bits per heavy atom. The first-order chi connectivity index (χ1) is 10.6. The van der Waals surface area contributed by atoms with Crippen LogP contribution in [0.4, 0.5) is 0 Å². The molecule has 0 saturated carbocycles. The number of hydrogen-bond acceptors (Lipinski definition) is 3. The lowest BCUT2D eigenvalue weighted by Crippen LogP contribution is -2.00. The number of nitrogens with zero attached hydrogens (tertiary/aromatic N) is 1. The third-order valence-electron chi connectivity index (χ3n) is 3.59. The summed E-state index contributed by atoms with van der Waals surface area (Å²) in [5, 5.41) is 10.2. The van der Waals surface area contributed by atoms with Gasteiger partial charge in [0.1, 0.15) is 0 Å². The van der Waals surface area contributed by atoms with Gasteiger partial charge in [-0.1, -0.05) is 35.9 Å². The van der Waals surface area contributed by atoms with Gasteiger partial charge in [0.05, 0.1) is 16.8 Å². The maximum absolute atomic E-state index is 11.6. The predicted octanol–water partition coefficient (Wildman–Crippen LogP) is 4.63. The molecule has 0 spiro atoms. The molecular formula is C18H15NO2S. The van der Waals surface area contributed by atoms with Gasteiger partial charge in [0.25, 0.3) is 0 Å². The molecule has 0 aliphatic carbocycles. The minimum Gasteiger partial charge on any atom is -0.478 e. The summed E-state index contributed by atoms with van der Waals surface area (Å²) in [6.07, 6.45) is 1.99. The first-order valence-electron chi connectivity index (χ1n) is 6.87. The van der Waals surface area contributed by atoms with Crippen LogP contribution in [0.3, 0.4) is 0 Å². The quantitative estimate of drug-likeness (QED) is 0.717. The van der Waals surface area contributed by atoms with Gasteiger partial charge in [-0.05, 0) is 31.4 Å². The number of carboxylic acid groups (broad SMARTS) is 1. The van der Waals surface area contributed by atoms with Crippen LogP contribution in [0.15, 0.2) is 53.4 Å². The lowest BCUT2D eigenvalue weighted by atomic mass is 10.0. The van der Waals surface area contributed by atoms with Crippen molar-refractivity contribution in [3.8, 4) is 11.3 Å². The molecule has 0 radical (unpaired) electrons. The number of aromatic carboxylic acids is 1. The highest BCUT2D eigenvalue weighted by Crippen LogP contribution is 2.28. The Hall–Kier alpha value is -2.33. The van der Waals surface area contributed by atoms with Crippen molar-refractivity contribution in [3.05, 3.63) is 59.7 Å². The van der Waals surface area contributed by atoms with Crippen LogP contribution < -0.4 is 0 Å². The molecule has 0 aliphatic heterocycles. The Labute approximate surface area is 133 Å². The highest BCUT2D eigenvalue weighted by Gasteiger charge is 2.13. The normalized spacial score (nSPS) is 10.8. The van der Waals surface area contributed by atoms with Gasteiger partial charge in [0, 0.05) is 15.8 Å². The van der Waals surface area contributed by atoms with E-state index in [1.807, 2.05) is 55.6 Å². The average molecular weight is 309 g/mol. The molecule has 1 aromatic heterocycles. The number of rotatable bonds is 3. The average Bonchev–Trinajstić information content (AvgIpc) is 2.53. The number of thioether (sulfide) groups is 1. The molecule has 4 heteroatoms. The molecule has 0 amide bonds. The second-order valence-corrected chi connectivity index (χ2v) is 5.99. The number of pyridine rings is 1. The molecule has 3 rings (SSSR count). The second kappa shape index (κ2) is 5.81. The van der Waals surface area contributed by atoms with Gasteiger partial charge in [-0.15, -0.1) is 11.8 Å². The largest absolute Gasteiger partial charge is 0.478 e. The van der Waals surface area contributed by atoms with Crippen molar-refractivity contribution >= 4 is 28.6 Å². The van der Waals surface area contributed by atoms with Crippen LogP contribution in [-0.4, -0.2) is 22.3 Å². The van der Waals surface area contributed by atoms with E-state index in [4.69, 9.17) is 0 Å². The third-order valence-corrected chi connectivity index (χ3v) is 4.32. The highest BCUT2D eigenvalue weighted by atomic mass is 32.2. The van der Waals surface area contributed by atoms with Gasteiger partial charge in [0.15, 0.2) is 0 Å². The molecule has 1 heterocycles.